The maximum atomic E-state index is 12.0. The third-order valence-electron chi connectivity index (χ3n) is 3.73. The maximum absolute atomic E-state index is 12.0. The van der Waals surface area contributed by atoms with Gasteiger partial charge in [-0.05, 0) is 31.0 Å². The first-order chi connectivity index (χ1) is 12.0. The molecule has 2 aromatic rings. The van der Waals surface area contributed by atoms with Gasteiger partial charge in [0.1, 0.15) is 0 Å². The van der Waals surface area contributed by atoms with E-state index in [1.54, 1.807) is 0 Å². The van der Waals surface area contributed by atoms with Crippen molar-refractivity contribution in [3.63, 3.8) is 0 Å². The Bertz CT molecular complexity index is 732. The number of halogens is 1. The molecule has 0 aliphatic rings. The Kier molecular flexibility index (Phi) is 7.01. The standard InChI is InChI=1S/C19H22BrN3O2/c1-13-7-9-15(10-8-13)11-21-19(25)22-12-18(24)23-14(2)16-5-3-4-6-17(16)20/h3-10,14H,11-12H2,1-2H3,(H,23,24)(H2,21,22,25)/t14-/m0/s1. The molecule has 3 amide bonds. The molecule has 5 nitrogen and oxygen atoms in total. The Morgan fingerprint density at radius 1 is 1.04 bits per heavy atom. The number of nitrogens with one attached hydrogen (secondary N) is 3. The van der Waals surface area contributed by atoms with Crippen LogP contribution in [0.3, 0.4) is 0 Å². The lowest BCUT2D eigenvalue weighted by atomic mass is 10.1. The third-order valence-corrected chi connectivity index (χ3v) is 4.45. The number of aryl methyl sites for hydroxylation is 1. The summed E-state index contributed by atoms with van der Waals surface area (Å²) in [6.07, 6.45) is 0. The highest BCUT2D eigenvalue weighted by Crippen LogP contribution is 2.22. The molecule has 1 atom stereocenters. The summed E-state index contributed by atoms with van der Waals surface area (Å²) >= 11 is 3.47. The van der Waals surface area contributed by atoms with Crippen LogP contribution in [0.25, 0.3) is 0 Å². The maximum Gasteiger partial charge on any atom is 0.315 e. The molecule has 0 fully saturated rings. The zero-order valence-electron chi connectivity index (χ0n) is 14.3. The van der Waals surface area contributed by atoms with Crippen LogP contribution in [0.1, 0.15) is 29.7 Å². The van der Waals surface area contributed by atoms with Crippen LogP contribution >= 0.6 is 15.9 Å². The average molecular weight is 404 g/mol. The van der Waals surface area contributed by atoms with Gasteiger partial charge in [-0.15, -0.1) is 0 Å². The smallest absolute Gasteiger partial charge is 0.315 e. The number of urea groups is 1. The fraction of sp³-hybridized carbons (Fsp3) is 0.263. The molecule has 0 unspecified atom stereocenters. The van der Waals surface area contributed by atoms with Crippen LogP contribution in [0.5, 0.6) is 0 Å². The van der Waals surface area contributed by atoms with Gasteiger partial charge < -0.3 is 16.0 Å². The Morgan fingerprint density at radius 3 is 2.40 bits per heavy atom. The minimum absolute atomic E-state index is 0.0749. The lowest BCUT2D eigenvalue weighted by Gasteiger charge is -2.16. The second-order valence-corrected chi connectivity index (χ2v) is 6.69. The van der Waals surface area contributed by atoms with Gasteiger partial charge >= 0.3 is 6.03 Å². The topological polar surface area (TPSA) is 70.2 Å². The molecule has 0 aromatic heterocycles. The first kappa shape index (κ1) is 19.0. The summed E-state index contributed by atoms with van der Waals surface area (Å²) in [4.78, 5) is 23.8. The fourth-order valence-electron chi connectivity index (χ4n) is 2.31. The summed E-state index contributed by atoms with van der Waals surface area (Å²) < 4.78 is 0.937. The molecular weight excluding hydrogens is 382 g/mol. The normalized spacial score (nSPS) is 11.5. The fourth-order valence-corrected chi connectivity index (χ4v) is 2.94. The predicted molar refractivity (Wildman–Crippen MR) is 102 cm³/mol. The number of hydrogen-bond donors (Lipinski definition) is 3. The molecule has 0 saturated carbocycles. The Balaban J connectivity index is 1.73. The number of carbonyl (C=O) groups is 2. The molecule has 25 heavy (non-hydrogen) atoms. The van der Waals surface area contributed by atoms with Crippen LogP contribution in [0, 0.1) is 6.92 Å². The second kappa shape index (κ2) is 9.22. The number of carbonyl (C=O) groups excluding carboxylic acids is 2. The van der Waals surface area contributed by atoms with E-state index < -0.39 is 0 Å². The first-order valence-corrected chi connectivity index (χ1v) is 8.86. The van der Waals surface area contributed by atoms with Gasteiger partial charge in [-0.1, -0.05) is 64.0 Å². The van der Waals surface area contributed by atoms with Crippen molar-refractivity contribution >= 4 is 27.9 Å². The number of amides is 3. The molecule has 3 N–H and O–H groups in total. The first-order valence-electron chi connectivity index (χ1n) is 8.06. The highest BCUT2D eigenvalue weighted by atomic mass is 79.9. The molecule has 0 saturated heterocycles. The van der Waals surface area contributed by atoms with Crippen molar-refractivity contribution in [1.29, 1.82) is 0 Å². The Labute approximate surface area is 156 Å². The average Bonchev–Trinajstić information content (AvgIpc) is 2.59. The van der Waals surface area contributed by atoms with E-state index in [2.05, 4.69) is 31.9 Å². The Hall–Kier alpha value is -2.34. The van der Waals surface area contributed by atoms with Gasteiger partial charge in [-0.3, -0.25) is 4.79 Å². The van der Waals surface area contributed by atoms with Crippen molar-refractivity contribution in [2.45, 2.75) is 26.4 Å². The second-order valence-electron chi connectivity index (χ2n) is 5.83. The van der Waals surface area contributed by atoms with Gasteiger partial charge in [0.15, 0.2) is 0 Å². The van der Waals surface area contributed by atoms with Crippen molar-refractivity contribution in [2.24, 2.45) is 0 Å². The minimum Gasteiger partial charge on any atom is -0.348 e. The lowest BCUT2D eigenvalue weighted by Crippen LogP contribution is -2.42. The van der Waals surface area contributed by atoms with E-state index in [4.69, 9.17) is 0 Å². The molecule has 0 spiro atoms. The van der Waals surface area contributed by atoms with Crippen LogP contribution in [-0.2, 0) is 11.3 Å². The summed E-state index contributed by atoms with van der Waals surface area (Å²) in [5, 5.41) is 8.15. The SMILES string of the molecule is Cc1ccc(CNC(=O)NCC(=O)N[C@@H](C)c2ccccc2Br)cc1. The molecule has 2 rings (SSSR count). The monoisotopic (exact) mass is 403 g/mol. The van der Waals surface area contributed by atoms with Crippen LogP contribution < -0.4 is 16.0 Å². The molecule has 0 aliphatic heterocycles. The highest BCUT2D eigenvalue weighted by Gasteiger charge is 2.12. The Morgan fingerprint density at radius 2 is 1.72 bits per heavy atom. The summed E-state index contributed by atoms with van der Waals surface area (Å²) in [5.74, 6) is -0.242. The van der Waals surface area contributed by atoms with Gasteiger partial charge in [0.2, 0.25) is 5.91 Å². The molecular formula is C19H22BrN3O2. The van der Waals surface area contributed by atoms with Crippen molar-refractivity contribution in [1.82, 2.24) is 16.0 Å². The summed E-state index contributed by atoms with van der Waals surface area (Å²) in [7, 11) is 0. The van der Waals surface area contributed by atoms with E-state index in [1.165, 1.54) is 5.56 Å². The predicted octanol–water partition coefficient (Wildman–Crippen LogP) is 3.43. The van der Waals surface area contributed by atoms with Crippen LogP contribution in [0.2, 0.25) is 0 Å². The van der Waals surface area contributed by atoms with Crippen LogP contribution in [-0.4, -0.2) is 18.5 Å². The number of benzene rings is 2. The molecule has 0 aliphatic carbocycles. The third kappa shape index (κ3) is 6.23. The molecule has 6 heteroatoms. The molecule has 0 radical (unpaired) electrons. The molecule has 0 heterocycles. The number of hydrogen-bond acceptors (Lipinski definition) is 2. The van der Waals surface area contributed by atoms with Gasteiger partial charge in [0, 0.05) is 11.0 Å². The van der Waals surface area contributed by atoms with Crippen LogP contribution in [0.4, 0.5) is 4.79 Å². The quantitative estimate of drug-likeness (QED) is 0.691. The van der Waals surface area contributed by atoms with E-state index in [-0.39, 0.29) is 24.5 Å². The zero-order valence-corrected chi connectivity index (χ0v) is 15.9. The van der Waals surface area contributed by atoms with Crippen molar-refractivity contribution in [2.75, 3.05) is 6.54 Å². The van der Waals surface area contributed by atoms with E-state index >= 15 is 0 Å². The summed E-state index contributed by atoms with van der Waals surface area (Å²) in [6, 6.07) is 15.1. The summed E-state index contributed by atoms with van der Waals surface area (Å²) in [6.45, 7) is 4.25. The van der Waals surface area contributed by atoms with Crippen molar-refractivity contribution in [3.8, 4) is 0 Å². The van der Waals surface area contributed by atoms with E-state index in [0.29, 0.717) is 6.54 Å². The lowest BCUT2D eigenvalue weighted by molar-refractivity contribution is -0.120. The van der Waals surface area contributed by atoms with E-state index in [9.17, 15) is 9.59 Å². The zero-order chi connectivity index (χ0) is 18.2. The number of rotatable bonds is 6. The van der Waals surface area contributed by atoms with E-state index in [0.717, 1.165) is 15.6 Å². The van der Waals surface area contributed by atoms with Gasteiger partial charge in [0.25, 0.3) is 0 Å². The van der Waals surface area contributed by atoms with Crippen molar-refractivity contribution < 1.29 is 9.59 Å². The largest absolute Gasteiger partial charge is 0.348 e. The van der Waals surface area contributed by atoms with Crippen molar-refractivity contribution in [3.05, 3.63) is 69.7 Å². The molecule has 132 valence electrons. The van der Waals surface area contributed by atoms with E-state index in [1.807, 2.05) is 62.4 Å². The van der Waals surface area contributed by atoms with Gasteiger partial charge in [0.05, 0.1) is 12.6 Å². The minimum atomic E-state index is -0.371. The van der Waals surface area contributed by atoms with Gasteiger partial charge in [-0.2, -0.15) is 0 Å². The summed E-state index contributed by atoms with van der Waals surface area (Å²) in [5.41, 5.74) is 3.16. The molecule has 2 aromatic carbocycles. The highest BCUT2D eigenvalue weighted by molar-refractivity contribution is 9.10. The molecule has 0 bridgehead atoms. The van der Waals surface area contributed by atoms with Crippen LogP contribution in [0.15, 0.2) is 53.0 Å². The van der Waals surface area contributed by atoms with Gasteiger partial charge in [-0.25, -0.2) is 4.79 Å².